The van der Waals surface area contributed by atoms with Crippen LogP contribution in [0.25, 0.3) is 33.4 Å². The Hall–Kier alpha value is -4.57. The van der Waals surface area contributed by atoms with Crippen LogP contribution in [-0.2, 0) is 17.8 Å². The molecule has 3 heterocycles. The summed E-state index contributed by atoms with van der Waals surface area (Å²) in [5.74, 6) is 0.861. The first-order valence-electron chi connectivity index (χ1n) is 13.1. The molecule has 0 aliphatic rings. The molecular formula is C30H31N7O2S. The maximum atomic E-state index is 12.4. The molecule has 5 aromatic rings. The molecule has 0 bridgehead atoms. The minimum atomic E-state index is -0.310. The van der Waals surface area contributed by atoms with Gasteiger partial charge in [-0.1, -0.05) is 30.3 Å². The zero-order valence-corrected chi connectivity index (χ0v) is 23.2. The lowest BCUT2D eigenvalue weighted by Crippen LogP contribution is -2.27. The van der Waals surface area contributed by atoms with Crippen LogP contribution in [0.2, 0.25) is 0 Å². The summed E-state index contributed by atoms with van der Waals surface area (Å²) in [6.45, 7) is 3.41. The number of hydrogen-bond donors (Lipinski definition) is 4. The van der Waals surface area contributed by atoms with Crippen molar-refractivity contribution >= 4 is 46.1 Å². The molecule has 0 spiro atoms. The summed E-state index contributed by atoms with van der Waals surface area (Å²) in [5.41, 5.74) is 6.62. The first-order valence-corrected chi connectivity index (χ1v) is 14.5. The number of aromatic amines is 1. The zero-order chi connectivity index (χ0) is 27.9. The van der Waals surface area contributed by atoms with Crippen molar-refractivity contribution in [2.45, 2.75) is 19.9 Å². The summed E-state index contributed by atoms with van der Waals surface area (Å²) in [6.07, 6.45) is 6.08. The fraction of sp³-hybridized carbons (Fsp3) is 0.200. The van der Waals surface area contributed by atoms with E-state index in [2.05, 4.69) is 25.9 Å². The number of anilines is 2. The van der Waals surface area contributed by atoms with Crippen molar-refractivity contribution in [2.24, 2.45) is 0 Å². The molecule has 204 valence electrons. The van der Waals surface area contributed by atoms with E-state index in [4.69, 9.17) is 5.10 Å². The van der Waals surface area contributed by atoms with Gasteiger partial charge in [0.15, 0.2) is 0 Å². The molecule has 0 aliphatic heterocycles. The highest BCUT2D eigenvalue weighted by molar-refractivity contribution is 7.98. The van der Waals surface area contributed by atoms with E-state index in [1.165, 1.54) is 0 Å². The van der Waals surface area contributed by atoms with Gasteiger partial charge in [0.2, 0.25) is 5.91 Å². The molecule has 0 aliphatic carbocycles. The Balaban J connectivity index is 1.39. The number of nitrogens with one attached hydrogen (secondary N) is 4. The molecule has 3 aromatic heterocycles. The van der Waals surface area contributed by atoms with Gasteiger partial charge in [-0.3, -0.25) is 9.48 Å². The van der Waals surface area contributed by atoms with Crippen LogP contribution in [0, 0.1) is 0 Å². The molecule has 2 aromatic carbocycles. The number of fused-ring (bicyclic) bond motifs is 1. The van der Waals surface area contributed by atoms with Crippen LogP contribution in [-0.4, -0.2) is 50.2 Å². The molecule has 9 nitrogen and oxygen atoms in total. The van der Waals surface area contributed by atoms with Gasteiger partial charge in [-0.15, -0.1) is 0 Å². The third kappa shape index (κ3) is 6.35. The number of aryl methyl sites for hydroxylation is 1. The third-order valence-corrected chi connectivity index (χ3v) is 7.00. The number of amides is 3. The first kappa shape index (κ1) is 27.0. The van der Waals surface area contributed by atoms with Gasteiger partial charge in [0.25, 0.3) is 0 Å². The molecule has 5 rings (SSSR count). The molecular weight excluding hydrogens is 522 g/mol. The number of H-pyrrole nitrogens is 1. The summed E-state index contributed by atoms with van der Waals surface area (Å²) in [4.78, 5) is 32.6. The van der Waals surface area contributed by atoms with Crippen LogP contribution >= 0.6 is 11.8 Å². The van der Waals surface area contributed by atoms with E-state index in [-0.39, 0.29) is 18.4 Å². The summed E-state index contributed by atoms with van der Waals surface area (Å²) in [5, 5.41) is 14.4. The van der Waals surface area contributed by atoms with Crippen LogP contribution in [0.4, 0.5) is 16.2 Å². The number of pyridine rings is 1. The molecule has 0 unspecified atom stereocenters. The highest BCUT2D eigenvalue weighted by Gasteiger charge is 2.18. The third-order valence-electron chi connectivity index (χ3n) is 6.39. The number of nitrogens with zero attached hydrogens (tertiary/aromatic N) is 3. The van der Waals surface area contributed by atoms with Crippen molar-refractivity contribution in [2.75, 3.05) is 29.2 Å². The van der Waals surface area contributed by atoms with E-state index >= 15 is 0 Å². The Morgan fingerprint density at radius 1 is 0.975 bits per heavy atom. The average molecular weight is 554 g/mol. The van der Waals surface area contributed by atoms with Crippen molar-refractivity contribution < 1.29 is 9.59 Å². The van der Waals surface area contributed by atoms with Crippen LogP contribution in [0.3, 0.4) is 0 Å². The lowest BCUT2D eigenvalue weighted by molar-refractivity contribution is -0.120. The van der Waals surface area contributed by atoms with Gasteiger partial charge in [0.05, 0.1) is 6.42 Å². The van der Waals surface area contributed by atoms with Crippen molar-refractivity contribution in [3.8, 4) is 22.4 Å². The van der Waals surface area contributed by atoms with Gasteiger partial charge in [0.1, 0.15) is 11.3 Å². The number of thioether (sulfide) groups is 1. The average Bonchev–Trinajstić information content (AvgIpc) is 3.58. The molecule has 0 atom stereocenters. The van der Waals surface area contributed by atoms with Crippen molar-refractivity contribution in [1.29, 1.82) is 0 Å². The number of carbonyl (C=O) groups excluding carboxylic acids is 2. The van der Waals surface area contributed by atoms with Crippen LogP contribution in [0.5, 0.6) is 0 Å². The predicted octanol–water partition coefficient (Wildman–Crippen LogP) is 5.78. The Labute approximate surface area is 236 Å². The monoisotopic (exact) mass is 553 g/mol. The van der Waals surface area contributed by atoms with Crippen molar-refractivity contribution in [3.63, 3.8) is 0 Å². The topological polar surface area (TPSA) is 117 Å². The van der Waals surface area contributed by atoms with Gasteiger partial charge in [-0.2, -0.15) is 16.9 Å². The maximum Gasteiger partial charge on any atom is 0.323 e. The fourth-order valence-electron chi connectivity index (χ4n) is 4.46. The highest BCUT2D eigenvalue weighted by atomic mass is 32.2. The number of urea groups is 1. The SMILES string of the molecule is CCn1cc(-c2ccnc3[nH]c(CC(=O)NCCSC)cc23)c(-c2ccc(NC(=O)Nc3ccccc3)cc2)n1. The van der Waals surface area contributed by atoms with Gasteiger partial charge >= 0.3 is 6.03 Å². The van der Waals surface area contributed by atoms with E-state index in [0.29, 0.717) is 12.2 Å². The molecule has 4 N–H and O–H groups in total. The first-order chi connectivity index (χ1) is 19.5. The smallest absolute Gasteiger partial charge is 0.323 e. The maximum absolute atomic E-state index is 12.4. The van der Waals surface area contributed by atoms with Crippen LogP contribution in [0.15, 0.2) is 79.1 Å². The summed E-state index contributed by atoms with van der Waals surface area (Å²) >= 11 is 1.70. The molecule has 3 amide bonds. The Morgan fingerprint density at radius 2 is 1.73 bits per heavy atom. The van der Waals surface area contributed by atoms with Gasteiger partial charge in [-0.25, -0.2) is 9.78 Å². The second kappa shape index (κ2) is 12.5. The van der Waals surface area contributed by atoms with E-state index in [9.17, 15) is 9.59 Å². The van der Waals surface area contributed by atoms with Gasteiger partial charge in [0, 0.05) is 64.8 Å². The number of hydrogen-bond acceptors (Lipinski definition) is 5. The number of rotatable bonds is 10. The number of carbonyl (C=O) groups is 2. The second-order valence-electron chi connectivity index (χ2n) is 9.20. The van der Waals surface area contributed by atoms with Gasteiger partial charge in [-0.05, 0) is 55.1 Å². The largest absolute Gasteiger partial charge is 0.355 e. The van der Waals surface area contributed by atoms with E-state index < -0.39 is 0 Å². The van der Waals surface area contributed by atoms with E-state index in [0.717, 1.165) is 57.1 Å². The lowest BCUT2D eigenvalue weighted by atomic mass is 10.00. The molecule has 40 heavy (non-hydrogen) atoms. The number of aromatic nitrogens is 4. The van der Waals surface area contributed by atoms with Crippen LogP contribution < -0.4 is 16.0 Å². The molecule has 0 saturated carbocycles. The van der Waals surface area contributed by atoms with Gasteiger partial charge < -0.3 is 20.9 Å². The van der Waals surface area contributed by atoms with Crippen molar-refractivity contribution in [1.82, 2.24) is 25.1 Å². The van der Waals surface area contributed by atoms with E-state index in [1.807, 2.05) is 90.8 Å². The van der Waals surface area contributed by atoms with Crippen molar-refractivity contribution in [3.05, 3.63) is 84.8 Å². The zero-order valence-electron chi connectivity index (χ0n) is 22.4. The van der Waals surface area contributed by atoms with Crippen LogP contribution in [0.1, 0.15) is 12.6 Å². The summed E-state index contributed by atoms with van der Waals surface area (Å²) < 4.78 is 1.91. The Bertz CT molecular complexity index is 1610. The minimum absolute atomic E-state index is 0.0206. The number of para-hydroxylation sites is 1. The quantitative estimate of drug-likeness (QED) is 0.164. The highest BCUT2D eigenvalue weighted by Crippen LogP contribution is 2.35. The fourth-order valence-corrected chi connectivity index (χ4v) is 4.77. The molecule has 0 fully saturated rings. The Morgan fingerprint density at radius 3 is 2.45 bits per heavy atom. The minimum Gasteiger partial charge on any atom is -0.355 e. The second-order valence-corrected chi connectivity index (χ2v) is 10.2. The Kier molecular flexibility index (Phi) is 8.46. The molecule has 0 saturated heterocycles. The summed E-state index contributed by atoms with van der Waals surface area (Å²) in [7, 11) is 0. The normalized spacial score (nSPS) is 10.9. The summed E-state index contributed by atoms with van der Waals surface area (Å²) in [6, 6.07) is 20.6. The molecule has 0 radical (unpaired) electrons. The standard InChI is InChI=1S/C30H31N7O2S/c1-3-37-19-26(24-13-14-32-29-25(24)17-23(33-29)18-27(38)31-15-16-40-2)28(36-37)20-9-11-22(12-10-20)35-30(39)34-21-7-5-4-6-8-21/h4-14,17,19H,3,15-16,18H2,1-2H3,(H,31,38)(H,32,33)(H2,34,35,39). The number of benzene rings is 2. The molecule has 10 heteroatoms. The predicted molar refractivity (Wildman–Crippen MR) is 163 cm³/mol. The lowest BCUT2D eigenvalue weighted by Gasteiger charge is -2.09. The van der Waals surface area contributed by atoms with E-state index in [1.54, 1.807) is 18.0 Å².